The van der Waals surface area contributed by atoms with E-state index in [1.165, 1.54) is 0 Å². The van der Waals surface area contributed by atoms with Crippen molar-refractivity contribution in [2.75, 3.05) is 6.61 Å². The molecule has 0 aliphatic carbocycles. The summed E-state index contributed by atoms with van der Waals surface area (Å²) in [4.78, 5) is 11.5. The van der Waals surface area contributed by atoms with E-state index in [0.717, 1.165) is 56.7 Å². The molecule has 0 aromatic rings. The van der Waals surface area contributed by atoms with Crippen LogP contribution in [0.15, 0.2) is 0 Å². The molecule has 0 aliphatic rings. The topological polar surface area (TPSA) is 46.5 Å². The number of aliphatic hydroxyl groups excluding tert-OH is 1. The van der Waals surface area contributed by atoms with Crippen LogP contribution in [0.5, 0.6) is 0 Å². The van der Waals surface area contributed by atoms with E-state index in [1.807, 2.05) is 0 Å². The van der Waals surface area contributed by atoms with Crippen molar-refractivity contribution in [1.82, 2.24) is 0 Å². The summed E-state index contributed by atoms with van der Waals surface area (Å²) in [5, 5.41) is 8.92. The lowest BCUT2D eigenvalue weighted by Crippen LogP contribution is -2.41. The van der Waals surface area contributed by atoms with E-state index >= 15 is 0 Å². The van der Waals surface area contributed by atoms with Gasteiger partial charge in [-0.25, -0.2) is 0 Å². The van der Waals surface area contributed by atoms with Crippen molar-refractivity contribution in [1.29, 1.82) is 0 Å². The highest BCUT2D eigenvalue weighted by molar-refractivity contribution is 6.75. The van der Waals surface area contributed by atoms with Crippen LogP contribution in [0.3, 0.4) is 0 Å². The Bertz CT molecular complexity index is 197. The second-order valence-electron chi connectivity index (χ2n) is 5.13. The normalized spacial score (nSPS) is 11.6. The largest absolute Gasteiger partial charge is 0.517 e. The maximum atomic E-state index is 11.5. The van der Waals surface area contributed by atoms with E-state index in [-0.39, 0.29) is 0 Å². The predicted octanol–water partition coefficient (Wildman–Crippen LogP) is 3.87. The number of hydrogen-bond donors (Lipinski definition) is 1. The summed E-state index contributed by atoms with van der Waals surface area (Å²) in [7, 11) is -1.95. The summed E-state index contributed by atoms with van der Waals surface area (Å²) in [6, 6.07) is 3.19. The molecule has 0 rings (SSSR count). The van der Waals surface area contributed by atoms with Crippen molar-refractivity contribution < 1.29 is 14.3 Å². The first-order valence-electron chi connectivity index (χ1n) is 7.46. The summed E-state index contributed by atoms with van der Waals surface area (Å²) < 4.78 is 5.74. The lowest BCUT2D eigenvalue weighted by molar-refractivity contribution is -0.138. The molecule has 1 N–H and O–H groups in total. The summed E-state index contributed by atoms with van der Waals surface area (Å²) in [6.07, 6.45) is 6.84. The first-order chi connectivity index (χ1) is 8.64. The van der Waals surface area contributed by atoms with Gasteiger partial charge in [0.25, 0.3) is 8.32 Å². The highest BCUT2D eigenvalue weighted by atomic mass is 28.4. The molecular weight excluding hydrogens is 244 g/mol. The highest BCUT2D eigenvalue weighted by Gasteiger charge is 2.36. The van der Waals surface area contributed by atoms with Crippen molar-refractivity contribution in [2.45, 2.75) is 77.4 Å². The molecule has 0 aromatic carbocycles. The number of carbonyl (C=O) groups excluding carboxylic acids is 1. The maximum Gasteiger partial charge on any atom is 0.318 e. The Morgan fingerprint density at radius 2 is 1.33 bits per heavy atom. The number of rotatable bonds is 11. The van der Waals surface area contributed by atoms with E-state index in [0.29, 0.717) is 0 Å². The van der Waals surface area contributed by atoms with E-state index < -0.39 is 20.9 Å². The molecular formula is C14H30O3Si. The number of hydrogen-bond acceptors (Lipinski definition) is 3. The molecule has 3 nitrogen and oxygen atoms in total. The Morgan fingerprint density at radius 3 is 1.61 bits per heavy atom. The van der Waals surface area contributed by atoms with E-state index in [9.17, 15) is 4.79 Å². The third-order valence-electron chi connectivity index (χ3n) is 3.42. The maximum absolute atomic E-state index is 11.5. The average molecular weight is 274 g/mol. The minimum atomic E-state index is -1.95. The molecule has 0 radical (unpaired) electrons. The molecule has 108 valence electrons. The third kappa shape index (κ3) is 7.16. The molecule has 0 fully saturated rings. The van der Waals surface area contributed by atoms with Gasteiger partial charge in [-0.2, -0.15) is 0 Å². The first kappa shape index (κ1) is 17.6. The molecule has 0 unspecified atom stereocenters. The number of aliphatic hydroxyl groups is 1. The molecule has 18 heavy (non-hydrogen) atoms. The van der Waals surface area contributed by atoms with Crippen molar-refractivity contribution in [3.63, 3.8) is 0 Å². The van der Waals surface area contributed by atoms with Crippen molar-refractivity contribution in [3.05, 3.63) is 0 Å². The van der Waals surface area contributed by atoms with Crippen LogP contribution in [0.25, 0.3) is 0 Å². The highest BCUT2D eigenvalue weighted by Crippen LogP contribution is 2.29. The zero-order valence-corrected chi connectivity index (χ0v) is 13.3. The standard InChI is InChI=1S/C14H30O3Si/c1-4-7-10-18(11-8-5-2,12-9-6-3)17-14(16)13-15/h15H,4-13H2,1-3H3. The van der Waals surface area contributed by atoms with E-state index in [1.54, 1.807) is 0 Å². The van der Waals surface area contributed by atoms with E-state index in [2.05, 4.69) is 20.8 Å². The Balaban J connectivity index is 4.66. The van der Waals surface area contributed by atoms with Crippen molar-refractivity contribution in [2.24, 2.45) is 0 Å². The molecule has 0 aliphatic heterocycles. The number of carbonyl (C=O) groups is 1. The summed E-state index contributed by atoms with van der Waals surface area (Å²) in [6.45, 7) is 6.05. The second-order valence-corrected chi connectivity index (χ2v) is 9.20. The zero-order chi connectivity index (χ0) is 13.9. The smallest absolute Gasteiger partial charge is 0.318 e. The minimum Gasteiger partial charge on any atom is -0.517 e. The lowest BCUT2D eigenvalue weighted by atomic mass is 10.4. The van der Waals surface area contributed by atoms with Gasteiger partial charge in [0.2, 0.25) is 0 Å². The van der Waals surface area contributed by atoms with Gasteiger partial charge >= 0.3 is 5.97 Å². The van der Waals surface area contributed by atoms with Gasteiger partial charge in [0.15, 0.2) is 0 Å². The first-order valence-corrected chi connectivity index (χ1v) is 9.99. The average Bonchev–Trinajstić information content (AvgIpc) is 2.40. The predicted molar refractivity (Wildman–Crippen MR) is 78.1 cm³/mol. The van der Waals surface area contributed by atoms with Crippen LogP contribution >= 0.6 is 0 Å². The Hall–Kier alpha value is -0.353. The summed E-state index contributed by atoms with van der Waals surface area (Å²) in [5.74, 6) is -0.412. The summed E-state index contributed by atoms with van der Waals surface area (Å²) >= 11 is 0. The van der Waals surface area contributed by atoms with Crippen LogP contribution in [0.4, 0.5) is 0 Å². The Morgan fingerprint density at radius 1 is 0.944 bits per heavy atom. The molecule has 0 heterocycles. The molecule has 0 amide bonds. The Kier molecular flexibility index (Phi) is 10.4. The molecule has 4 heteroatoms. The SMILES string of the molecule is CCCC[Si](CCCC)(CCCC)OC(=O)CO. The van der Waals surface area contributed by atoms with Crippen LogP contribution in [0, 0.1) is 0 Å². The van der Waals surface area contributed by atoms with E-state index in [4.69, 9.17) is 9.53 Å². The van der Waals surface area contributed by atoms with Gasteiger partial charge in [-0.3, -0.25) is 4.79 Å². The third-order valence-corrected chi connectivity index (χ3v) is 7.87. The van der Waals surface area contributed by atoms with Gasteiger partial charge in [0.1, 0.15) is 6.61 Å². The van der Waals surface area contributed by atoms with Crippen LogP contribution in [0.2, 0.25) is 18.1 Å². The van der Waals surface area contributed by atoms with Gasteiger partial charge in [-0.1, -0.05) is 59.3 Å². The molecule has 0 bridgehead atoms. The number of unbranched alkanes of at least 4 members (excludes halogenated alkanes) is 3. The van der Waals surface area contributed by atoms with Crippen LogP contribution in [-0.2, 0) is 9.22 Å². The van der Waals surface area contributed by atoms with Gasteiger partial charge in [-0.05, 0) is 18.1 Å². The zero-order valence-electron chi connectivity index (χ0n) is 12.3. The second kappa shape index (κ2) is 10.6. The fraction of sp³-hybridized carbons (Fsp3) is 0.929. The van der Waals surface area contributed by atoms with Crippen LogP contribution in [-0.4, -0.2) is 26.0 Å². The van der Waals surface area contributed by atoms with Crippen LogP contribution < -0.4 is 0 Å². The fourth-order valence-corrected chi connectivity index (χ4v) is 6.90. The molecule has 0 atom stereocenters. The van der Waals surface area contributed by atoms with Gasteiger partial charge < -0.3 is 9.53 Å². The molecule has 0 saturated carbocycles. The molecule has 0 aromatic heterocycles. The fourth-order valence-electron chi connectivity index (χ4n) is 2.30. The molecule has 0 saturated heterocycles. The van der Waals surface area contributed by atoms with Crippen molar-refractivity contribution in [3.8, 4) is 0 Å². The Labute approximate surface area is 113 Å². The van der Waals surface area contributed by atoms with Crippen LogP contribution in [0.1, 0.15) is 59.3 Å². The summed E-state index contributed by atoms with van der Waals surface area (Å²) in [5.41, 5.74) is 0. The van der Waals surface area contributed by atoms with Gasteiger partial charge in [0, 0.05) is 0 Å². The molecule has 0 spiro atoms. The monoisotopic (exact) mass is 274 g/mol. The lowest BCUT2D eigenvalue weighted by Gasteiger charge is -2.31. The van der Waals surface area contributed by atoms with Gasteiger partial charge in [-0.15, -0.1) is 0 Å². The van der Waals surface area contributed by atoms with Gasteiger partial charge in [0.05, 0.1) is 0 Å². The minimum absolute atomic E-state index is 0.412. The quantitative estimate of drug-likeness (QED) is 0.582. The van der Waals surface area contributed by atoms with Crippen molar-refractivity contribution >= 4 is 14.3 Å².